The fourth-order valence-electron chi connectivity index (χ4n) is 7.00. The van der Waals surface area contributed by atoms with E-state index in [0.29, 0.717) is 5.54 Å². The number of rotatable bonds is 7. The van der Waals surface area contributed by atoms with E-state index >= 15 is 0 Å². The molecule has 3 rings (SSSR count). The molecular weight excluding hydrogens is 409 g/mol. The Kier molecular flexibility index (Phi) is 6.75. The summed E-state index contributed by atoms with van der Waals surface area (Å²) in [7, 11) is -5.45. The first-order valence-corrected chi connectivity index (χ1v) is 21.5. The summed E-state index contributed by atoms with van der Waals surface area (Å²) in [6.07, 6.45) is 0. The molecule has 0 heterocycles. The molecule has 0 amide bonds. The third-order valence-electron chi connectivity index (χ3n) is 7.95. The van der Waals surface area contributed by atoms with Crippen molar-refractivity contribution >= 4 is 32.7 Å². The van der Waals surface area contributed by atoms with Crippen molar-refractivity contribution in [2.75, 3.05) is 0 Å². The predicted octanol–water partition coefficient (Wildman–Crippen LogP) is 6.58. The van der Waals surface area contributed by atoms with Crippen molar-refractivity contribution in [1.82, 2.24) is 0 Å². The van der Waals surface area contributed by atoms with Gasteiger partial charge in [0.25, 0.3) is 0 Å². The zero-order valence-electron chi connectivity index (χ0n) is 19.8. The van der Waals surface area contributed by atoms with E-state index in [1.54, 1.807) is 15.9 Å². The van der Waals surface area contributed by atoms with Gasteiger partial charge in [0.2, 0.25) is 0 Å². The highest BCUT2D eigenvalue weighted by molar-refractivity contribution is 7.74. The van der Waals surface area contributed by atoms with Crippen LogP contribution in [0, 0.1) is 0 Å². The van der Waals surface area contributed by atoms with Gasteiger partial charge in [-0.2, -0.15) is 0 Å². The Morgan fingerprint density at radius 3 is 1.17 bits per heavy atom. The first-order chi connectivity index (χ1) is 14.2. The molecule has 1 atom stereocenters. The second-order valence-electron chi connectivity index (χ2n) is 10.1. The highest BCUT2D eigenvalue weighted by atomic mass is 29.6. The Labute approximate surface area is 187 Å². The van der Waals surface area contributed by atoms with Gasteiger partial charge in [0.05, 0.1) is 22.3 Å². The van der Waals surface area contributed by atoms with Crippen molar-refractivity contribution in [2.24, 2.45) is 0 Å². The molecule has 1 unspecified atom stereocenters. The van der Waals surface area contributed by atoms with Crippen molar-refractivity contribution < 1.29 is 0 Å². The van der Waals surface area contributed by atoms with Crippen LogP contribution in [0.3, 0.4) is 0 Å². The lowest BCUT2D eigenvalue weighted by Crippen LogP contribution is -2.84. The second kappa shape index (κ2) is 8.82. The first-order valence-electron chi connectivity index (χ1n) is 11.3. The molecule has 0 aliphatic carbocycles. The minimum Gasteiger partial charge on any atom is -0.0675 e. The zero-order valence-corrected chi connectivity index (χ0v) is 22.8. The van der Waals surface area contributed by atoms with Crippen molar-refractivity contribution in [3.63, 3.8) is 0 Å². The van der Waals surface area contributed by atoms with Crippen molar-refractivity contribution in [3.05, 3.63) is 96.6 Å². The third kappa shape index (κ3) is 3.61. The summed E-state index contributed by atoms with van der Waals surface area (Å²) in [5.74, 6) is 0. The van der Waals surface area contributed by atoms with E-state index in [1.165, 1.54) is 0 Å². The Morgan fingerprint density at radius 1 is 0.500 bits per heavy atom. The number of hydrogen-bond donors (Lipinski definition) is 0. The van der Waals surface area contributed by atoms with E-state index in [-0.39, 0.29) is 0 Å². The fraction of sp³-hybridized carbons (Fsp3) is 0.333. The molecule has 3 heteroatoms. The van der Waals surface area contributed by atoms with E-state index in [2.05, 4.69) is 138 Å². The van der Waals surface area contributed by atoms with Crippen LogP contribution >= 0.6 is 0 Å². The van der Waals surface area contributed by atoms with Crippen LogP contribution in [0.25, 0.3) is 0 Å². The molecule has 0 aliphatic heterocycles. The average molecular weight is 447 g/mol. The predicted molar refractivity (Wildman–Crippen MR) is 143 cm³/mol. The summed E-state index contributed by atoms with van der Waals surface area (Å²) in [5, 5.41) is 3.29. The van der Waals surface area contributed by atoms with E-state index < -0.39 is 22.3 Å². The Hall–Kier alpha value is -1.69. The molecule has 0 saturated heterocycles. The summed E-state index contributed by atoms with van der Waals surface area (Å²) in [6, 6.07) is 34.5. The highest BCUT2D eigenvalue weighted by Gasteiger charge is 2.64. The molecule has 0 N–H and O–H groups in total. The summed E-state index contributed by atoms with van der Waals surface area (Å²) in [6.45, 7) is 18.5. The lowest BCUT2D eigenvalue weighted by atomic mass is 10.2. The minimum atomic E-state index is -1.88. The molecule has 3 aromatic carbocycles. The average Bonchev–Trinajstić information content (AvgIpc) is 2.75. The molecule has 0 spiro atoms. The van der Waals surface area contributed by atoms with Gasteiger partial charge in [0, 0.05) is 0 Å². The van der Waals surface area contributed by atoms with Gasteiger partial charge in [-0.05, 0) is 11.1 Å². The molecule has 0 radical (unpaired) electrons. The normalized spacial score (nSPS) is 14.0. The van der Waals surface area contributed by atoms with Crippen LogP contribution in [0.4, 0.5) is 0 Å². The van der Waals surface area contributed by atoms with Gasteiger partial charge in [-0.1, -0.05) is 154 Å². The monoisotopic (exact) mass is 446 g/mol. The molecule has 3 aromatic rings. The van der Waals surface area contributed by atoms with Crippen LogP contribution in [0.15, 0.2) is 91.0 Å². The molecule has 0 fully saturated rings. The summed E-state index contributed by atoms with van der Waals surface area (Å²) < 4.78 is 0. The number of hydrogen-bond acceptors (Lipinski definition) is 0. The molecule has 0 aliphatic rings. The van der Waals surface area contributed by atoms with E-state index in [9.17, 15) is 0 Å². The molecular formula is C27H38Si3. The minimum absolute atomic E-state index is 0.627. The van der Waals surface area contributed by atoms with Gasteiger partial charge < -0.3 is 0 Å². The van der Waals surface area contributed by atoms with Gasteiger partial charge in [-0.25, -0.2) is 0 Å². The summed E-state index contributed by atoms with van der Waals surface area (Å²) >= 11 is 0. The van der Waals surface area contributed by atoms with Crippen LogP contribution in [0.5, 0.6) is 0 Å². The third-order valence-corrected chi connectivity index (χ3v) is 50.6. The SMILES string of the molecule is CC(C)[Si](C(C)c1ccccc1)([Si](C)(C)c1ccccc1)[Si](C)(C)c1ccccc1. The molecule has 0 saturated carbocycles. The van der Waals surface area contributed by atoms with Crippen LogP contribution in [-0.2, 0) is 0 Å². The van der Waals surface area contributed by atoms with E-state index in [4.69, 9.17) is 0 Å². The van der Waals surface area contributed by atoms with Crippen molar-refractivity contribution in [2.45, 2.75) is 58.0 Å². The van der Waals surface area contributed by atoms with Crippen LogP contribution in [-0.4, -0.2) is 22.3 Å². The standard InChI is InChI=1S/C27H38Si3/c1-23(2)30(24(3)25-17-11-8-12-18-25,28(4,5)26-19-13-9-14-20-26)29(6,7)27-21-15-10-16-22-27/h8-24H,1-7H3. The topological polar surface area (TPSA) is 0 Å². The van der Waals surface area contributed by atoms with Crippen LogP contribution in [0.2, 0.25) is 31.7 Å². The maximum atomic E-state index is 2.70. The molecule has 30 heavy (non-hydrogen) atoms. The first kappa shape index (κ1) is 23.0. The second-order valence-corrected chi connectivity index (χ2v) is 35.5. The summed E-state index contributed by atoms with van der Waals surface area (Å²) in [4.78, 5) is 0. The van der Waals surface area contributed by atoms with Crippen molar-refractivity contribution in [3.8, 4) is 0 Å². The Morgan fingerprint density at radius 2 is 0.833 bits per heavy atom. The number of benzene rings is 3. The van der Waals surface area contributed by atoms with Crippen LogP contribution < -0.4 is 10.4 Å². The maximum Gasteiger partial charge on any atom is 0.0731 e. The molecule has 0 nitrogen and oxygen atoms in total. The maximum absolute atomic E-state index is 2.70. The lowest BCUT2D eigenvalue weighted by molar-refractivity contribution is 0.942. The van der Waals surface area contributed by atoms with E-state index in [0.717, 1.165) is 5.54 Å². The molecule has 158 valence electrons. The van der Waals surface area contributed by atoms with Crippen molar-refractivity contribution in [1.29, 1.82) is 0 Å². The van der Waals surface area contributed by atoms with Crippen LogP contribution in [0.1, 0.15) is 31.9 Å². The largest absolute Gasteiger partial charge is 0.0731 e. The molecule has 0 aromatic heterocycles. The van der Waals surface area contributed by atoms with Gasteiger partial charge in [0.1, 0.15) is 0 Å². The van der Waals surface area contributed by atoms with E-state index in [1.807, 2.05) is 0 Å². The van der Waals surface area contributed by atoms with Gasteiger partial charge >= 0.3 is 0 Å². The lowest BCUT2D eigenvalue weighted by Gasteiger charge is -2.59. The zero-order chi connectivity index (χ0) is 22.0. The van der Waals surface area contributed by atoms with Gasteiger partial charge in [0.15, 0.2) is 0 Å². The Bertz CT molecular complexity index is 880. The molecule has 0 bridgehead atoms. The smallest absolute Gasteiger partial charge is 0.0675 e. The van der Waals surface area contributed by atoms with Gasteiger partial charge in [-0.15, -0.1) is 0 Å². The fourth-order valence-corrected chi connectivity index (χ4v) is 59.7. The van der Waals surface area contributed by atoms with Gasteiger partial charge in [-0.3, -0.25) is 0 Å². The highest BCUT2D eigenvalue weighted by Crippen LogP contribution is 2.47. The summed E-state index contributed by atoms with van der Waals surface area (Å²) in [5.41, 5.74) is 2.89. The quantitative estimate of drug-likeness (QED) is 0.360. The Balaban J connectivity index is 2.37.